The van der Waals surface area contributed by atoms with E-state index in [9.17, 15) is 18.4 Å². The topological polar surface area (TPSA) is 52.7 Å². The first-order valence-corrected chi connectivity index (χ1v) is 11.2. The van der Waals surface area contributed by atoms with Crippen molar-refractivity contribution in [3.05, 3.63) is 101 Å². The van der Waals surface area contributed by atoms with Gasteiger partial charge in [-0.25, -0.2) is 8.78 Å². The maximum Gasteiger partial charge on any atom is 0.278 e. The van der Waals surface area contributed by atoms with E-state index in [1.807, 2.05) is 24.3 Å². The number of anilines is 2. The van der Waals surface area contributed by atoms with E-state index in [0.29, 0.717) is 11.3 Å². The minimum atomic E-state index is -0.559. The minimum Gasteiger partial charge on any atom is -0.372 e. The Kier molecular flexibility index (Phi) is 5.84. The second-order valence-corrected chi connectivity index (χ2v) is 8.41. The van der Waals surface area contributed by atoms with Gasteiger partial charge in [0.1, 0.15) is 17.3 Å². The number of hydrogen-bond acceptors (Lipinski definition) is 4. The molecule has 34 heavy (non-hydrogen) atoms. The zero-order valence-electron chi connectivity index (χ0n) is 18.4. The highest BCUT2D eigenvalue weighted by molar-refractivity contribution is 6.36. The molecule has 0 saturated carbocycles. The molecule has 0 bridgehead atoms. The van der Waals surface area contributed by atoms with Crippen LogP contribution in [0.15, 0.2) is 78.5 Å². The third-order valence-corrected chi connectivity index (χ3v) is 6.20. The van der Waals surface area contributed by atoms with Gasteiger partial charge in [0.15, 0.2) is 0 Å². The van der Waals surface area contributed by atoms with Crippen LogP contribution in [-0.2, 0) is 16.1 Å². The monoisotopic (exact) mass is 459 g/mol. The molecule has 1 N–H and O–H groups in total. The molecule has 0 atom stereocenters. The van der Waals surface area contributed by atoms with Gasteiger partial charge < -0.3 is 10.2 Å². The number of imide groups is 1. The van der Waals surface area contributed by atoms with Crippen LogP contribution in [0.25, 0.3) is 5.57 Å². The fraction of sp³-hybridized carbons (Fsp3) is 0.185. The third kappa shape index (κ3) is 4.17. The second kappa shape index (κ2) is 9.09. The summed E-state index contributed by atoms with van der Waals surface area (Å²) in [6, 6.07) is 19.1. The van der Waals surface area contributed by atoms with Crippen LogP contribution >= 0.6 is 0 Å². The number of nitrogens with one attached hydrogen (secondary N) is 1. The van der Waals surface area contributed by atoms with Crippen LogP contribution in [0.5, 0.6) is 0 Å². The van der Waals surface area contributed by atoms with Gasteiger partial charge in [-0.2, -0.15) is 0 Å². The lowest BCUT2D eigenvalue weighted by atomic mass is 10.0. The molecule has 3 aromatic rings. The lowest BCUT2D eigenvalue weighted by molar-refractivity contribution is -0.137. The smallest absolute Gasteiger partial charge is 0.278 e. The van der Waals surface area contributed by atoms with Crippen LogP contribution in [0, 0.1) is 11.6 Å². The van der Waals surface area contributed by atoms with Gasteiger partial charge in [0.25, 0.3) is 11.8 Å². The van der Waals surface area contributed by atoms with Gasteiger partial charge in [0.2, 0.25) is 0 Å². The van der Waals surface area contributed by atoms with Crippen molar-refractivity contribution in [2.24, 2.45) is 0 Å². The highest BCUT2D eigenvalue weighted by Gasteiger charge is 2.39. The minimum absolute atomic E-state index is 0.0851. The molecule has 172 valence electrons. The van der Waals surface area contributed by atoms with Crippen molar-refractivity contribution in [2.45, 2.75) is 19.4 Å². The Morgan fingerprint density at radius 2 is 1.47 bits per heavy atom. The predicted molar refractivity (Wildman–Crippen MR) is 127 cm³/mol. The summed E-state index contributed by atoms with van der Waals surface area (Å²) in [6.45, 7) is 1.84. The van der Waals surface area contributed by atoms with Gasteiger partial charge in [-0.05, 0) is 60.9 Å². The van der Waals surface area contributed by atoms with Crippen molar-refractivity contribution in [1.82, 2.24) is 4.90 Å². The molecule has 0 aliphatic carbocycles. The van der Waals surface area contributed by atoms with Crippen molar-refractivity contribution in [2.75, 3.05) is 23.3 Å². The SMILES string of the molecule is O=C1C(Nc2ccc(N3CCCC3)cc2)=C(c2ccc(F)cc2)C(=O)N1Cc1ccccc1F. The van der Waals surface area contributed by atoms with Crippen LogP contribution in [0.2, 0.25) is 0 Å². The largest absolute Gasteiger partial charge is 0.372 e. The summed E-state index contributed by atoms with van der Waals surface area (Å²) in [6.07, 6.45) is 2.34. The quantitative estimate of drug-likeness (QED) is 0.530. The highest BCUT2D eigenvalue weighted by atomic mass is 19.1. The molecule has 3 aromatic carbocycles. The first kappa shape index (κ1) is 21.8. The summed E-state index contributed by atoms with van der Waals surface area (Å²) in [7, 11) is 0. The maximum absolute atomic E-state index is 14.2. The van der Waals surface area contributed by atoms with E-state index < -0.39 is 23.4 Å². The number of amides is 2. The normalized spacial score (nSPS) is 16.1. The van der Waals surface area contributed by atoms with Gasteiger partial charge in [-0.1, -0.05) is 30.3 Å². The van der Waals surface area contributed by atoms with Crippen molar-refractivity contribution < 1.29 is 18.4 Å². The van der Waals surface area contributed by atoms with E-state index in [2.05, 4.69) is 10.2 Å². The number of benzene rings is 3. The zero-order valence-corrected chi connectivity index (χ0v) is 18.4. The van der Waals surface area contributed by atoms with Crippen LogP contribution in [-0.4, -0.2) is 29.8 Å². The lowest BCUT2D eigenvalue weighted by Crippen LogP contribution is -2.32. The number of nitrogens with zero attached hydrogens (tertiary/aromatic N) is 2. The summed E-state index contributed by atoms with van der Waals surface area (Å²) in [4.78, 5) is 30.0. The van der Waals surface area contributed by atoms with Gasteiger partial charge in [-0.15, -0.1) is 0 Å². The van der Waals surface area contributed by atoms with Gasteiger partial charge >= 0.3 is 0 Å². The third-order valence-electron chi connectivity index (χ3n) is 6.20. The Hall–Kier alpha value is -4.00. The summed E-state index contributed by atoms with van der Waals surface area (Å²) >= 11 is 0. The van der Waals surface area contributed by atoms with Crippen LogP contribution < -0.4 is 10.2 Å². The average molecular weight is 459 g/mol. The molecule has 7 heteroatoms. The fourth-order valence-electron chi connectivity index (χ4n) is 4.39. The molecule has 2 heterocycles. The van der Waals surface area contributed by atoms with E-state index in [1.165, 1.54) is 49.2 Å². The fourth-order valence-corrected chi connectivity index (χ4v) is 4.39. The Labute approximate surface area is 196 Å². The number of carbonyl (C=O) groups excluding carboxylic acids is 2. The zero-order chi connectivity index (χ0) is 23.7. The Morgan fingerprint density at radius 3 is 2.15 bits per heavy atom. The van der Waals surface area contributed by atoms with Crippen LogP contribution in [0.1, 0.15) is 24.0 Å². The average Bonchev–Trinajstić information content (AvgIpc) is 3.46. The highest BCUT2D eigenvalue weighted by Crippen LogP contribution is 2.32. The van der Waals surface area contributed by atoms with Crippen LogP contribution in [0.3, 0.4) is 0 Å². The number of rotatable bonds is 6. The lowest BCUT2D eigenvalue weighted by Gasteiger charge is -2.18. The Bertz CT molecular complexity index is 1260. The van der Waals surface area contributed by atoms with Crippen molar-refractivity contribution in [1.29, 1.82) is 0 Å². The molecular weight excluding hydrogens is 436 g/mol. The Morgan fingerprint density at radius 1 is 0.794 bits per heavy atom. The first-order chi connectivity index (χ1) is 16.5. The first-order valence-electron chi connectivity index (χ1n) is 11.2. The maximum atomic E-state index is 14.2. The number of carbonyl (C=O) groups is 2. The number of halogens is 2. The summed E-state index contributed by atoms with van der Waals surface area (Å²) in [5.41, 5.74) is 2.61. The standard InChI is InChI=1S/C27H23F2N3O2/c28-20-9-7-18(8-10-20)24-25(30-21-11-13-22(14-12-21)31-15-3-4-16-31)27(34)32(26(24)33)17-19-5-1-2-6-23(19)29/h1-2,5-14,30H,3-4,15-17H2. The molecule has 2 amide bonds. The summed E-state index contributed by atoms with van der Waals surface area (Å²) < 4.78 is 27.8. The second-order valence-electron chi connectivity index (χ2n) is 8.41. The van der Waals surface area contributed by atoms with Crippen molar-refractivity contribution in [3.8, 4) is 0 Å². The molecule has 0 radical (unpaired) electrons. The van der Waals surface area contributed by atoms with Crippen molar-refractivity contribution >= 4 is 28.8 Å². The van der Waals surface area contributed by atoms with E-state index in [4.69, 9.17) is 0 Å². The molecular formula is C27H23F2N3O2. The molecule has 0 spiro atoms. The summed E-state index contributed by atoms with van der Waals surface area (Å²) in [5, 5.41) is 3.09. The molecule has 2 aliphatic heterocycles. The molecule has 1 saturated heterocycles. The van der Waals surface area contributed by atoms with Gasteiger partial charge in [0, 0.05) is 30.0 Å². The van der Waals surface area contributed by atoms with E-state index in [0.717, 1.165) is 23.7 Å². The number of hydrogen-bond donors (Lipinski definition) is 1. The van der Waals surface area contributed by atoms with Gasteiger partial charge in [-0.3, -0.25) is 14.5 Å². The van der Waals surface area contributed by atoms with E-state index >= 15 is 0 Å². The molecule has 5 nitrogen and oxygen atoms in total. The Balaban J connectivity index is 1.47. The molecule has 5 rings (SSSR count). The van der Waals surface area contributed by atoms with Gasteiger partial charge in [0.05, 0.1) is 12.1 Å². The van der Waals surface area contributed by atoms with Crippen molar-refractivity contribution in [3.63, 3.8) is 0 Å². The van der Waals surface area contributed by atoms with Crippen LogP contribution in [0.4, 0.5) is 20.2 Å². The summed E-state index contributed by atoms with van der Waals surface area (Å²) in [5.74, 6) is -2.06. The molecule has 2 aliphatic rings. The molecule has 0 unspecified atom stereocenters. The molecule has 1 fully saturated rings. The van der Waals surface area contributed by atoms with E-state index in [-0.39, 0.29) is 23.4 Å². The predicted octanol–water partition coefficient (Wildman–Crippen LogP) is 4.96. The molecule has 0 aromatic heterocycles. The van der Waals surface area contributed by atoms with E-state index in [1.54, 1.807) is 12.1 Å².